The first-order valence-electron chi connectivity index (χ1n) is 18.8. The number of carbonyl (C=O) groups is 1. The molecular weight excluding hydrogens is 488 g/mol. The van der Waals surface area contributed by atoms with Crippen molar-refractivity contribution in [2.24, 2.45) is 5.92 Å². The van der Waals surface area contributed by atoms with Crippen LogP contribution in [-0.2, 0) is 4.79 Å². The van der Waals surface area contributed by atoms with Gasteiger partial charge in [-0.25, -0.2) is 0 Å². The van der Waals surface area contributed by atoms with Gasteiger partial charge in [0.15, 0.2) is 0 Å². The second kappa shape index (κ2) is 33.1. The van der Waals surface area contributed by atoms with Crippen molar-refractivity contribution in [1.29, 1.82) is 0 Å². The quantitative estimate of drug-likeness (QED) is 0.0789. The first-order valence-corrected chi connectivity index (χ1v) is 18.8. The summed E-state index contributed by atoms with van der Waals surface area (Å²) < 4.78 is 0. The molecule has 0 saturated carbocycles. The van der Waals surface area contributed by atoms with Crippen molar-refractivity contribution >= 4 is 5.78 Å². The van der Waals surface area contributed by atoms with E-state index >= 15 is 0 Å². The summed E-state index contributed by atoms with van der Waals surface area (Å²) in [5.41, 5.74) is 0. The third-order valence-corrected chi connectivity index (χ3v) is 9.08. The standard InChI is InChI=1S/C38H76O2/c1-4-6-32-38(40)35-34-36(3)31-28-26-24-22-20-18-16-14-12-10-8-7-9-11-13-15-17-19-21-23-25-27-29-33-37(39)30-5-2/h36-37,39H,4-35H2,1-3H3. The van der Waals surface area contributed by atoms with Crippen molar-refractivity contribution in [3.8, 4) is 0 Å². The molecule has 0 bridgehead atoms. The number of rotatable bonds is 34. The Morgan fingerprint density at radius 3 is 1.12 bits per heavy atom. The lowest BCUT2D eigenvalue weighted by Crippen LogP contribution is -2.04. The van der Waals surface area contributed by atoms with E-state index in [-0.39, 0.29) is 6.10 Å². The van der Waals surface area contributed by atoms with Gasteiger partial charge in [0.05, 0.1) is 6.10 Å². The molecule has 0 amide bonds. The fourth-order valence-corrected chi connectivity index (χ4v) is 6.11. The van der Waals surface area contributed by atoms with Gasteiger partial charge in [0.25, 0.3) is 0 Å². The maximum Gasteiger partial charge on any atom is 0.132 e. The van der Waals surface area contributed by atoms with Crippen molar-refractivity contribution in [2.45, 2.75) is 232 Å². The normalized spacial score (nSPS) is 13.1. The van der Waals surface area contributed by atoms with E-state index in [9.17, 15) is 9.90 Å². The summed E-state index contributed by atoms with van der Waals surface area (Å²) >= 11 is 0. The summed E-state index contributed by atoms with van der Waals surface area (Å²) in [5.74, 6) is 1.21. The molecule has 2 unspecified atom stereocenters. The maximum absolute atomic E-state index is 11.8. The van der Waals surface area contributed by atoms with Crippen LogP contribution in [0.5, 0.6) is 0 Å². The minimum Gasteiger partial charge on any atom is -0.393 e. The molecule has 0 radical (unpaired) electrons. The number of carbonyl (C=O) groups excluding carboxylic acids is 1. The van der Waals surface area contributed by atoms with Gasteiger partial charge in [-0.1, -0.05) is 188 Å². The van der Waals surface area contributed by atoms with Crippen molar-refractivity contribution in [3.05, 3.63) is 0 Å². The van der Waals surface area contributed by atoms with Gasteiger partial charge in [-0.15, -0.1) is 0 Å². The van der Waals surface area contributed by atoms with Crippen LogP contribution in [0.2, 0.25) is 0 Å². The number of hydrogen-bond acceptors (Lipinski definition) is 2. The number of hydrogen-bond donors (Lipinski definition) is 1. The van der Waals surface area contributed by atoms with Crippen LogP contribution in [-0.4, -0.2) is 17.0 Å². The molecule has 40 heavy (non-hydrogen) atoms. The molecule has 0 aliphatic carbocycles. The third-order valence-electron chi connectivity index (χ3n) is 9.08. The van der Waals surface area contributed by atoms with E-state index in [2.05, 4.69) is 20.8 Å². The van der Waals surface area contributed by atoms with Gasteiger partial charge in [0.1, 0.15) is 5.78 Å². The molecule has 0 saturated heterocycles. The Kier molecular flexibility index (Phi) is 32.8. The first-order chi connectivity index (χ1) is 19.6. The molecule has 2 heteroatoms. The highest BCUT2D eigenvalue weighted by atomic mass is 16.3. The Morgan fingerprint density at radius 1 is 0.425 bits per heavy atom. The van der Waals surface area contributed by atoms with E-state index in [1.54, 1.807) is 0 Å². The lowest BCUT2D eigenvalue weighted by molar-refractivity contribution is -0.119. The average molecular weight is 565 g/mol. The van der Waals surface area contributed by atoms with Crippen LogP contribution in [0.15, 0.2) is 0 Å². The Morgan fingerprint density at radius 2 is 0.775 bits per heavy atom. The molecule has 0 aliphatic heterocycles. The molecule has 2 atom stereocenters. The Hall–Kier alpha value is -0.370. The molecule has 0 rings (SSSR count). The number of unbranched alkanes of at least 4 members (excludes halogenated alkanes) is 23. The zero-order valence-electron chi connectivity index (χ0n) is 28.1. The maximum atomic E-state index is 11.8. The van der Waals surface area contributed by atoms with E-state index in [0.29, 0.717) is 5.78 Å². The number of aliphatic hydroxyl groups excluding tert-OH is 1. The first kappa shape index (κ1) is 39.6. The van der Waals surface area contributed by atoms with Crippen LogP contribution >= 0.6 is 0 Å². The number of aliphatic hydroxyl groups is 1. The summed E-state index contributed by atoms with van der Waals surface area (Å²) in [7, 11) is 0. The lowest BCUT2D eigenvalue weighted by atomic mass is 9.95. The van der Waals surface area contributed by atoms with Gasteiger partial charge in [0, 0.05) is 12.8 Å². The highest BCUT2D eigenvalue weighted by Crippen LogP contribution is 2.19. The third kappa shape index (κ3) is 32.1. The summed E-state index contributed by atoms with van der Waals surface area (Å²) in [4.78, 5) is 11.8. The summed E-state index contributed by atoms with van der Waals surface area (Å²) in [6.07, 6.45) is 41.9. The van der Waals surface area contributed by atoms with Gasteiger partial charge in [-0.3, -0.25) is 4.79 Å². The van der Waals surface area contributed by atoms with Crippen LogP contribution in [0.25, 0.3) is 0 Å². The van der Waals surface area contributed by atoms with Crippen LogP contribution in [0.4, 0.5) is 0 Å². The van der Waals surface area contributed by atoms with E-state index in [1.165, 1.54) is 154 Å². The number of ketones is 1. The van der Waals surface area contributed by atoms with E-state index < -0.39 is 0 Å². The minimum atomic E-state index is -0.0450. The zero-order valence-corrected chi connectivity index (χ0v) is 28.1. The Bertz CT molecular complexity index is 488. The van der Waals surface area contributed by atoms with Crippen LogP contribution < -0.4 is 0 Å². The van der Waals surface area contributed by atoms with E-state index in [0.717, 1.165) is 57.3 Å². The average Bonchev–Trinajstić information content (AvgIpc) is 2.95. The van der Waals surface area contributed by atoms with Gasteiger partial charge in [-0.05, 0) is 31.6 Å². The molecule has 0 aromatic carbocycles. The smallest absolute Gasteiger partial charge is 0.132 e. The molecule has 0 heterocycles. The van der Waals surface area contributed by atoms with Crippen LogP contribution in [0.1, 0.15) is 226 Å². The van der Waals surface area contributed by atoms with Gasteiger partial charge in [0.2, 0.25) is 0 Å². The predicted molar refractivity (Wildman–Crippen MR) is 179 cm³/mol. The molecule has 0 aliphatic rings. The van der Waals surface area contributed by atoms with Crippen molar-refractivity contribution in [3.63, 3.8) is 0 Å². The van der Waals surface area contributed by atoms with Crippen molar-refractivity contribution in [1.82, 2.24) is 0 Å². The van der Waals surface area contributed by atoms with Crippen molar-refractivity contribution < 1.29 is 9.90 Å². The molecule has 240 valence electrons. The molecular formula is C38H76O2. The second-order valence-corrected chi connectivity index (χ2v) is 13.4. The predicted octanol–water partition coefficient (Wildman–Crippen LogP) is 13.1. The fraction of sp³-hybridized carbons (Fsp3) is 0.974. The minimum absolute atomic E-state index is 0.0450. The molecule has 0 spiro atoms. The van der Waals surface area contributed by atoms with E-state index in [1.807, 2.05) is 0 Å². The largest absolute Gasteiger partial charge is 0.393 e. The highest BCUT2D eigenvalue weighted by molar-refractivity contribution is 5.78. The Labute approximate surface area is 253 Å². The van der Waals surface area contributed by atoms with Gasteiger partial charge in [-0.2, -0.15) is 0 Å². The van der Waals surface area contributed by atoms with Gasteiger partial charge >= 0.3 is 0 Å². The fourth-order valence-electron chi connectivity index (χ4n) is 6.11. The van der Waals surface area contributed by atoms with Crippen molar-refractivity contribution in [2.75, 3.05) is 0 Å². The molecule has 2 nitrogen and oxygen atoms in total. The van der Waals surface area contributed by atoms with Gasteiger partial charge < -0.3 is 5.11 Å². The topological polar surface area (TPSA) is 37.3 Å². The highest BCUT2D eigenvalue weighted by Gasteiger charge is 2.07. The molecule has 0 aromatic heterocycles. The zero-order chi connectivity index (χ0) is 29.4. The van der Waals surface area contributed by atoms with Crippen LogP contribution in [0.3, 0.4) is 0 Å². The summed E-state index contributed by atoms with van der Waals surface area (Å²) in [6, 6.07) is 0. The SMILES string of the molecule is CCCCC(=O)CCC(C)CCCCCCCCCCCCCCCCCCCCCCCCCC(O)CCC. The summed E-state index contributed by atoms with van der Waals surface area (Å²) in [6.45, 7) is 6.65. The Balaban J connectivity index is 3.15. The number of Topliss-reactive ketones (excluding diaryl/α,β-unsaturated/α-hetero) is 1. The second-order valence-electron chi connectivity index (χ2n) is 13.4. The molecule has 0 aromatic rings. The van der Waals surface area contributed by atoms with E-state index in [4.69, 9.17) is 0 Å². The lowest BCUT2D eigenvalue weighted by Gasteiger charge is -2.10. The van der Waals surface area contributed by atoms with Crippen LogP contribution in [0, 0.1) is 5.92 Å². The molecule has 1 N–H and O–H groups in total. The molecule has 0 fully saturated rings. The summed E-state index contributed by atoms with van der Waals surface area (Å²) in [5, 5.41) is 9.76. The monoisotopic (exact) mass is 565 g/mol.